The molecule has 0 aliphatic carbocycles. The van der Waals surface area contributed by atoms with Crippen LogP contribution in [0.1, 0.15) is 5.56 Å². The van der Waals surface area contributed by atoms with Gasteiger partial charge in [0.15, 0.2) is 0 Å². The van der Waals surface area contributed by atoms with Gasteiger partial charge in [-0.25, -0.2) is 9.78 Å². The monoisotopic (exact) mass is 299 g/mol. The lowest BCUT2D eigenvalue weighted by Crippen LogP contribution is -2.17. The molecular formula is C13H12F3N3O2. The van der Waals surface area contributed by atoms with Gasteiger partial charge in [-0.2, -0.15) is 13.2 Å². The Labute approximate surface area is 118 Å². The number of benzene rings is 1. The maximum absolute atomic E-state index is 12.5. The van der Waals surface area contributed by atoms with Crippen LogP contribution in [0.2, 0.25) is 0 Å². The van der Waals surface area contributed by atoms with Crippen molar-refractivity contribution in [3.05, 3.63) is 48.5 Å². The van der Waals surface area contributed by atoms with E-state index < -0.39 is 17.8 Å². The molecule has 2 aromatic rings. The summed E-state index contributed by atoms with van der Waals surface area (Å²) in [6, 6.07) is 4.34. The molecule has 1 aromatic heterocycles. The van der Waals surface area contributed by atoms with Gasteiger partial charge in [0.1, 0.15) is 6.61 Å². The van der Waals surface area contributed by atoms with E-state index in [0.29, 0.717) is 6.54 Å². The molecule has 8 heteroatoms. The zero-order valence-electron chi connectivity index (χ0n) is 10.8. The average molecular weight is 299 g/mol. The van der Waals surface area contributed by atoms with E-state index in [1.165, 1.54) is 12.1 Å². The third-order valence-electron chi connectivity index (χ3n) is 2.58. The summed E-state index contributed by atoms with van der Waals surface area (Å²) in [5.41, 5.74) is -0.809. The highest BCUT2D eigenvalue weighted by atomic mass is 19.4. The third kappa shape index (κ3) is 4.51. The molecule has 0 aliphatic rings. The fourth-order valence-electron chi connectivity index (χ4n) is 1.59. The van der Waals surface area contributed by atoms with Crippen LogP contribution in [-0.4, -0.2) is 22.3 Å². The van der Waals surface area contributed by atoms with E-state index in [2.05, 4.69) is 10.3 Å². The van der Waals surface area contributed by atoms with Crippen molar-refractivity contribution in [2.75, 3.05) is 11.9 Å². The standard InChI is InChI=1S/C13H12F3N3O2/c14-13(15,16)10-2-1-3-11(8-10)18-12(20)21-7-6-19-5-4-17-9-19/h1-5,8-9H,6-7H2,(H,18,20). The molecule has 112 valence electrons. The SMILES string of the molecule is O=C(Nc1cccc(C(F)(F)F)c1)OCCn1ccnc1. The van der Waals surface area contributed by atoms with Crippen LogP contribution >= 0.6 is 0 Å². The normalized spacial score (nSPS) is 11.2. The molecule has 0 saturated carbocycles. The molecule has 0 saturated heterocycles. The fourth-order valence-corrected chi connectivity index (χ4v) is 1.59. The number of halogens is 3. The molecule has 1 aromatic carbocycles. The fraction of sp³-hybridized carbons (Fsp3) is 0.231. The molecule has 2 rings (SSSR count). The number of imidazole rings is 1. The zero-order chi connectivity index (χ0) is 15.3. The van der Waals surface area contributed by atoms with E-state index >= 15 is 0 Å². The Hall–Kier alpha value is -2.51. The number of hydrogen-bond acceptors (Lipinski definition) is 3. The van der Waals surface area contributed by atoms with Crippen molar-refractivity contribution in [2.45, 2.75) is 12.7 Å². The summed E-state index contributed by atoms with van der Waals surface area (Å²) in [5.74, 6) is 0. The number of carbonyl (C=O) groups excluding carboxylic acids is 1. The summed E-state index contributed by atoms with van der Waals surface area (Å²) < 4.78 is 44.1. The minimum Gasteiger partial charge on any atom is -0.447 e. The highest BCUT2D eigenvalue weighted by molar-refractivity contribution is 5.84. The van der Waals surface area contributed by atoms with Gasteiger partial charge in [-0.05, 0) is 18.2 Å². The molecule has 5 nitrogen and oxygen atoms in total. The van der Waals surface area contributed by atoms with Crippen molar-refractivity contribution in [2.24, 2.45) is 0 Å². The molecule has 0 fully saturated rings. The second-order valence-electron chi connectivity index (χ2n) is 4.14. The van der Waals surface area contributed by atoms with E-state index in [9.17, 15) is 18.0 Å². The van der Waals surface area contributed by atoms with Crippen molar-refractivity contribution >= 4 is 11.8 Å². The highest BCUT2D eigenvalue weighted by Crippen LogP contribution is 2.30. The molecule has 1 amide bonds. The number of hydrogen-bond donors (Lipinski definition) is 1. The number of rotatable bonds is 4. The maximum atomic E-state index is 12.5. The molecular weight excluding hydrogens is 287 g/mol. The van der Waals surface area contributed by atoms with Crippen LogP contribution in [0.15, 0.2) is 43.0 Å². The summed E-state index contributed by atoms with van der Waals surface area (Å²) in [5, 5.41) is 2.25. The van der Waals surface area contributed by atoms with Crippen LogP contribution in [-0.2, 0) is 17.5 Å². The Morgan fingerprint density at radius 2 is 2.19 bits per heavy atom. The van der Waals surface area contributed by atoms with Crippen LogP contribution < -0.4 is 5.32 Å². The van der Waals surface area contributed by atoms with Crippen LogP contribution in [0.25, 0.3) is 0 Å². The zero-order valence-corrected chi connectivity index (χ0v) is 10.8. The summed E-state index contributed by atoms with van der Waals surface area (Å²) in [7, 11) is 0. The van der Waals surface area contributed by atoms with E-state index in [0.717, 1.165) is 12.1 Å². The average Bonchev–Trinajstić information content (AvgIpc) is 2.91. The first-order chi connectivity index (χ1) is 9.95. The Kier molecular flexibility index (Phi) is 4.46. The van der Waals surface area contributed by atoms with Crippen molar-refractivity contribution in [1.82, 2.24) is 9.55 Å². The maximum Gasteiger partial charge on any atom is 0.416 e. The van der Waals surface area contributed by atoms with Gasteiger partial charge in [-0.1, -0.05) is 6.07 Å². The molecule has 1 heterocycles. The van der Waals surface area contributed by atoms with Gasteiger partial charge >= 0.3 is 12.3 Å². The second kappa shape index (κ2) is 6.29. The topological polar surface area (TPSA) is 56.1 Å². The van der Waals surface area contributed by atoms with Crippen LogP contribution in [0, 0.1) is 0 Å². The lowest BCUT2D eigenvalue weighted by atomic mass is 10.2. The molecule has 0 spiro atoms. The van der Waals surface area contributed by atoms with E-state index in [-0.39, 0.29) is 12.3 Å². The number of anilines is 1. The van der Waals surface area contributed by atoms with Gasteiger partial charge in [0.2, 0.25) is 0 Å². The van der Waals surface area contributed by atoms with E-state index in [1.807, 2.05) is 0 Å². The second-order valence-corrected chi connectivity index (χ2v) is 4.14. The van der Waals surface area contributed by atoms with Crippen LogP contribution in [0.4, 0.5) is 23.7 Å². The van der Waals surface area contributed by atoms with Gasteiger partial charge in [0.05, 0.1) is 18.4 Å². The number of carbonyl (C=O) groups is 1. The third-order valence-corrected chi connectivity index (χ3v) is 2.58. The Bertz CT molecular complexity index is 597. The number of alkyl halides is 3. The molecule has 0 aliphatic heterocycles. The molecule has 0 unspecified atom stereocenters. The van der Waals surface area contributed by atoms with Crippen molar-refractivity contribution in [3.8, 4) is 0 Å². The molecule has 21 heavy (non-hydrogen) atoms. The van der Waals surface area contributed by atoms with E-state index in [4.69, 9.17) is 4.74 Å². The quantitative estimate of drug-likeness (QED) is 0.943. The predicted molar refractivity (Wildman–Crippen MR) is 68.6 cm³/mol. The lowest BCUT2D eigenvalue weighted by Gasteiger charge is -2.10. The number of nitrogens with one attached hydrogen (secondary N) is 1. The Morgan fingerprint density at radius 3 is 2.86 bits per heavy atom. The van der Waals surface area contributed by atoms with Gasteiger partial charge < -0.3 is 9.30 Å². The highest BCUT2D eigenvalue weighted by Gasteiger charge is 2.30. The number of nitrogens with zero attached hydrogens (tertiary/aromatic N) is 2. The van der Waals surface area contributed by atoms with Gasteiger partial charge in [0, 0.05) is 18.1 Å². The minimum absolute atomic E-state index is 0.0254. The van der Waals surface area contributed by atoms with Crippen molar-refractivity contribution in [3.63, 3.8) is 0 Å². The minimum atomic E-state index is -4.46. The first-order valence-corrected chi connectivity index (χ1v) is 6.02. The van der Waals surface area contributed by atoms with Gasteiger partial charge in [-0.3, -0.25) is 5.32 Å². The molecule has 0 radical (unpaired) electrons. The Morgan fingerprint density at radius 1 is 1.38 bits per heavy atom. The Balaban J connectivity index is 1.85. The lowest BCUT2D eigenvalue weighted by molar-refractivity contribution is -0.137. The van der Waals surface area contributed by atoms with Crippen molar-refractivity contribution in [1.29, 1.82) is 0 Å². The van der Waals surface area contributed by atoms with Crippen LogP contribution in [0.3, 0.4) is 0 Å². The predicted octanol–water partition coefficient (Wildman–Crippen LogP) is 3.15. The van der Waals surface area contributed by atoms with Crippen LogP contribution in [0.5, 0.6) is 0 Å². The smallest absolute Gasteiger partial charge is 0.416 e. The first kappa shape index (κ1) is 14.9. The number of ether oxygens (including phenoxy) is 1. The van der Waals surface area contributed by atoms with Crippen molar-refractivity contribution < 1.29 is 22.7 Å². The largest absolute Gasteiger partial charge is 0.447 e. The molecule has 1 N–H and O–H groups in total. The number of aromatic nitrogens is 2. The summed E-state index contributed by atoms with van der Waals surface area (Å²) in [6.07, 6.45) is -0.414. The summed E-state index contributed by atoms with van der Waals surface area (Å²) >= 11 is 0. The van der Waals surface area contributed by atoms with E-state index in [1.54, 1.807) is 23.3 Å². The first-order valence-electron chi connectivity index (χ1n) is 6.02. The molecule has 0 bridgehead atoms. The number of amides is 1. The van der Waals surface area contributed by atoms with Gasteiger partial charge in [-0.15, -0.1) is 0 Å². The summed E-state index contributed by atoms with van der Waals surface area (Å²) in [4.78, 5) is 15.3. The van der Waals surface area contributed by atoms with Gasteiger partial charge in [0.25, 0.3) is 0 Å². The molecule has 0 atom stereocenters. The summed E-state index contributed by atoms with van der Waals surface area (Å²) in [6.45, 7) is 0.497.